The topological polar surface area (TPSA) is 95.1 Å². The fraction of sp³-hybridized carbons (Fsp3) is 0.0357. The number of H-pyrrole nitrogens is 1. The Labute approximate surface area is 216 Å². The molecule has 0 aliphatic heterocycles. The first-order chi connectivity index (χ1) is 17.5. The maximum absolute atomic E-state index is 13.5. The van der Waals surface area contributed by atoms with Crippen molar-refractivity contribution in [2.45, 2.75) is 16.5 Å². The van der Waals surface area contributed by atoms with Gasteiger partial charge in [0.05, 0.1) is 16.6 Å². The van der Waals surface area contributed by atoms with Crippen LogP contribution in [-0.4, -0.2) is 27.2 Å². The molecule has 36 heavy (non-hydrogen) atoms. The summed E-state index contributed by atoms with van der Waals surface area (Å²) in [6.07, 6.45) is 0. The van der Waals surface area contributed by atoms with Crippen molar-refractivity contribution < 1.29 is 14.7 Å². The highest BCUT2D eigenvalue weighted by Crippen LogP contribution is 2.36. The van der Waals surface area contributed by atoms with Gasteiger partial charge in [0.15, 0.2) is 0 Å². The average Bonchev–Trinajstić information content (AvgIpc) is 3.30. The zero-order chi connectivity index (χ0) is 25.1. The van der Waals surface area contributed by atoms with Crippen LogP contribution in [0.3, 0.4) is 0 Å². The first-order valence-corrected chi connectivity index (χ1v) is 12.3. The Kier molecular flexibility index (Phi) is 6.75. The molecule has 3 N–H and O–H groups in total. The van der Waals surface area contributed by atoms with E-state index >= 15 is 0 Å². The first kappa shape index (κ1) is 23.7. The molecule has 0 unspecified atom stereocenters. The molecule has 6 nitrogen and oxygen atoms in total. The molecule has 1 aromatic heterocycles. The van der Waals surface area contributed by atoms with Crippen LogP contribution in [0, 0.1) is 0 Å². The second kappa shape index (κ2) is 10.3. The number of nitrogens with one attached hydrogen (secondary N) is 2. The normalized spacial score (nSPS) is 10.9. The van der Waals surface area contributed by atoms with Crippen molar-refractivity contribution in [3.63, 3.8) is 0 Å². The third-order valence-electron chi connectivity index (χ3n) is 5.65. The number of hydrogen-bond donors (Lipinski definition) is 3. The number of nitrogens with zero attached hydrogens (tertiary/aromatic N) is 1. The van der Waals surface area contributed by atoms with Crippen LogP contribution in [0.15, 0.2) is 101 Å². The Morgan fingerprint density at radius 3 is 2.42 bits per heavy atom. The maximum atomic E-state index is 13.5. The highest BCUT2D eigenvalue weighted by molar-refractivity contribution is 7.99. The van der Waals surface area contributed by atoms with Gasteiger partial charge in [-0.25, -0.2) is 4.79 Å². The monoisotopic (exact) mass is 513 g/mol. The van der Waals surface area contributed by atoms with Crippen LogP contribution in [0.1, 0.15) is 26.3 Å². The molecule has 0 saturated carbocycles. The van der Waals surface area contributed by atoms with Crippen LogP contribution in [0.2, 0.25) is 5.02 Å². The van der Waals surface area contributed by atoms with E-state index in [9.17, 15) is 9.59 Å². The lowest BCUT2D eigenvalue weighted by Crippen LogP contribution is -2.23. The molecule has 5 rings (SSSR count). The number of rotatable bonds is 7. The third-order valence-corrected chi connectivity index (χ3v) is 6.86. The standard InChI is InChI=1S/C28H20ClN3O3S/c29-21-7-4-8-22(15-21)36-27-25-23(26(33)30-16-17-9-11-19(12-10-17)28(34)35)13-20(14-24(25)31-32-27)18-5-2-1-3-6-18/h1-15H,16H2,(H,30,33)(H,31,32)(H,34,35). The van der Waals surface area contributed by atoms with E-state index in [1.807, 2.05) is 66.7 Å². The van der Waals surface area contributed by atoms with Gasteiger partial charge in [0.2, 0.25) is 0 Å². The number of aromatic amines is 1. The fourth-order valence-corrected chi connectivity index (χ4v) is 5.09. The second-order valence-corrected chi connectivity index (χ2v) is 9.58. The largest absolute Gasteiger partial charge is 0.478 e. The second-order valence-electron chi connectivity index (χ2n) is 8.09. The summed E-state index contributed by atoms with van der Waals surface area (Å²) in [5.41, 5.74) is 4.11. The number of benzene rings is 4. The number of aromatic carboxylic acids is 1. The van der Waals surface area contributed by atoms with E-state index in [0.717, 1.165) is 32.5 Å². The summed E-state index contributed by atoms with van der Waals surface area (Å²) in [5, 5.41) is 21.7. The number of carbonyl (C=O) groups is 2. The predicted octanol–water partition coefficient (Wildman–Crippen LogP) is 6.66. The van der Waals surface area contributed by atoms with Crippen LogP contribution in [0.25, 0.3) is 22.0 Å². The molecule has 4 aromatic carbocycles. The maximum Gasteiger partial charge on any atom is 0.335 e. The predicted molar refractivity (Wildman–Crippen MR) is 142 cm³/mol. The molecule has 0 aliphatic carbocycles. The van der Waals surface area contributed by atoms with Crippen LogP contribution in [0.5, 0.6) is 0 Å². The van der Waals surface area contributed by atoms with E-state index in [0.29, 0.717) is 15.6 Å². The third kappa shape index (κ3) is 5.12. The molecule has 5 aromatic rings. The Morgan fingerprint density at radius 2 is 1.69 bits per heavy atom. The lowest BCUT2D eigenvalue weighted by molar-refractivity contribution is 0.0696. The number of aromatic nitrogens is 2. The number of carboxylic acids is 1. The molecule has 1 heterocycles. The molecule has 0 atom stereocenters. The SMILES string of the molecule is O=C(O)c1ccc(CNC(=O)c2cc(-c3ccccc3)cc3[nH]nc(Sc4cccc(Cl)c4)c23)cc1. The minimum absolute atomic E-state index is 0.198. The Balaban J connectivity index is 1.51. The minimum atomic E-state index is -0.990. The van der Waals surface area contributed by atoms with Crippen LogP contribution in [-0.2, 0) is 6.54 Å². The van der Waals surface area contributed by atoms with Crippen molar-refractivity contribution in [1.29, 1.82) is 0 Å². The fourth-order valence-electron chi connectivity index (χ4n) is 3.86. The van der Waals surface area contributed by atoms with E-state index in [-0.39, 0.29) is 18.0 Å². The first-order valence-electron chi connectivity index (χ1n) is 11.1. The number of carbonyl (C=O) groups excluding carboxylic acids is 1. The molecule has 8 heteroatoms. The quantitative estimate of drug-likeness (QED) is 0.226. The summed E-state index contributed by atoms with van der Waals surface area (Å²) < 4.78 is 0. The van der Waals surface area contributed by atoms with E-state index in [1.165, 1.54) is 23.9 Å². The highest BCUT2D eigenvalue weighted by Gasteiger charge is 2.19. The molecule has 0 saturated heterocycles. The minimum Gasteiger partial charge on any atom is -0.478 e. The van der Waals surface area contributed by atoms with Crippen LogP contribution in [0.4, 0.5) is 0 Å². The zero-order valence-corrected chi connectivity index (χ0v) is 20.4. The summed E-state index contributed by atoms with van der Waals surface area (Å²) in [4.78, 5) is 25.5. The summed E-state index contributed by atoms with van der Waals surface area (Å²) >= 11 is 7.59. The van der Waals surface area contributed by atoms with E-state index in [2.05, 4.69) is 15.5 Å². The smallest absolute Gasteiger partial charge is 0.335 e. The summed E-state index contributed by atoms with van der Waals surface area (Å²) in [7, 11) is 0. The van der Waals surface area contributed by atoms with Crippen LogP contribution < -0.4 is 5.32 Å². The lowest BCUT2D eigenvalue weighted by atomic mass is 10.00. The molecule has 0 bridgehead atoms. The van der Waals surface area contributed by atoms with Gasteiger partial charge in [0.1, 0.15) is 5.03 Å². The van der Waals surface area contributed by atoms with Crippen molar-refractivity contribution >= 4 is 46.1 Å². The molecular weight excluding hydrogens is 494 g/mol. The molecular formula is C28H20ClN3O3S. The molecule has 0 fully saturated rings. The van der Waals surface area contributed by atoms with Gasteiger partial charge in [0, 0.05) is 21.8 Å². The van der Waals surface area contributed by atoms with Crippen LogP contribution >= 0.6 is 23.4 Å². The molecule has 0 aliphatic rings. The Bertz CT molecular complexity index is 1570. The van der Waals surface area contributed by atoms with E-state index in [4.69, 9.17) is 16.7 Å². The van der Waals surface area contributed by atoms with Gasteiger partial charge in [-0.3, -0.25) is 9.89 Å². The van der Waals surface area contributed by atoms with Gasteiger partial charge in [-0.15, -0.1) is 0 Å². The van der Waals surface area contributed by atoms with Crippen molar-refractivity contribution in [1.82, 2.24) is 15.5 Å². The van der Waals surface area contributed by atoms with Gasteiger partial charge < -0.3 is 10.4 Å². The Hall–Kier alpha value is -4.07. The average molecular weight is 514 g/mol. The zero-order valence-electron chi connectivity index (χ0n) is 18.9. The number of fused-ring (bicyclic) bond motifs is 1. The van der Waals surface area contributed by atoms with Gasteiger partial charge in [-0.05, 0) is 59.2 Å². The van der Waals surface area contributed by atoms with Gasteiger partial charge in [-0.1, -0.05) is 71.9 Å². The van der Waals surface area contributed by atoms with E-state index < -0.39 is 5.97 Å². The van der Waals surface area contributed by atoms with Gasteiger partial charge in [-0.2, -0.15) is 5.10 Å². The van der Waals surface area contributed by atoms with Crippen molar-refractivity contribution in [2.24, 2.45) is 0 Å². The summed E-state index contributed by atoms with van der Waals surface area (Å²) in [6, 6.07) is 27.6. The summed E-state index contributed by atoms with van der Waals surface area (Å²) in [6.45, 7) is 0.254. The van der Waals surface area contributed by atoms with Gasteiger partial charge >= 0.3 is 5.97 Å². The number of halogens is 1. The summed E-state index contributed by atoms with van der Waals surface area (Å²) in [5.74, 6) is -1.25. The van der Waals surface area contributed by atoms with Gasteiger partial charge in [0.25, 0.3) is 5.91 Å². The lowest BCUT2D eigenvalue weighted by Gasteiger charge is -2.11. The highest BCUT2D eigenvalue weighted by atomic mass is 35.5. The van der Waals surface area contributed by atoms with Crippen molar-refractivity contribution in [2.75, 3.05) is 0 Å². The van der Waals surface area contributed by atoms with E-state index in [1.54, 1.807) is 12.1 Å². The van der Waals surface area contributed by atoms with Crippen molar-refractivity contribution in [3.05, 3.63) is 113 Å². The number of carboxylic acid groups (broad SMARTS) is 1. The molecule has 178 valence electrons. The van der Waals surface area contributed by atoms with Crippen molar-refractivity contribution in [3.8, 4) is 11.1 Å². The molecule has 1 amide bonds. The Morgan fingerprint density at radius 1 is 0.917 bits per heavy atom. The molecule has 0 spiro atoms. The number of hydrogen-bond acceptors (Lipinski definition) is 4. The molecule has 0 radical (unpaired) electrons. The number of amides is 1.